The number of nitrogens with zero attached hydrogens (tertiary/aromatic N) is 2. The van der Waals surface area contributed by atoms with Crippen molar-refractivity contribution < 1.29 is 14.4 Å². The van der Waals surface area contributed by atoms with E-state index in [0.717, 1.165) is 42.8 Å². The minimum atomic E-state index is -0.997. The van der Waals surface area contributed by atoms with E-state index in [4.69, 9.17) is 23.1 Å². The Labute approximate surface area is 212 Å². The number of hydrogen-bond donors (Lipinski definition) is 3. The maximum atomic E-state index is 14.0. The molecule has 3 amide bonds. The van der Waals surface area contributed by atoms with E-state index in [1.54, 1.807) is 24.3 Å². The predicted molar refractivity (Wildman–Crippen MR) is 138 cm³/mol. The maximum absolute atomic E-state index is 14.0. The summed E-state index contributed by atoms with van der Waals surface area (Å²) in [5.74, 6) is -1.70. The minimum absolute atomic E-state index is 0.0273. The van der Waals surface area contributed by atoms with Crippen LogP contribution in [0, 0.1) is 6.92 Å². The first-order valence-electron chi connectivity index (χ1n) is 11.3. The number of primary amides is 1. The minimum Gasteiger partial charge on any atom is -0.395 e. The predicted octanol–water partition coefficient (Wildman–Crippen LogP) is 4.23. The summed E-state index contributed by atoms with van der Waals surface area (Å²) in [7, 11) is 0. The zero-order valence-electron chi connectivity index (χ0n) is 19.2. The molecule has 2 aromatic carbocycles. The zero-order valence-corrected chi connectivity index (χ0v) is 20.7. The Morgan fingerprint density at radius 1 is 1.09 bits per heavy atom. The Morgan fingerprint density at radius 3 is 2.29 bits per heavy atom. The van der Waals surface area contributed by atoms with Crippen LogP contribution in [0.1, 0.15) is 63.0 Å². The van der Waals surface area contributed by atoms with Crippen molar-refractivity contribution in [2.24, 2.45) is 5.73 Å². The van der Waals surface area contributed by atoms with Gasteiger partial charge in [-0.1, -0.05) is 54.3 Å². The molecule has 5 N–H and O–H groups in total. The second kappa shape index (κ2) is 10.5. The number of benzene rings is 2. The van der Waals surface area contributed by atoms with E-state index in [2.05, 4.69) is 9.69 Å². The van der Waals surface area contributed by atoms with Crippen molar-refractivity contribution in [3.05, 3.63) is 75.3 Å². The fraction of sp³-hybridized carbons (Fsp3) is 0.280. The van der Waals surface area contributed by atoms with Gasteiger partial charge in [0.2, 0.25) is 5.91 Å². The van der Waals surface area contributed by atoms with Crippen molar-refractivity contribution in [1.82, 2.24) is 9.69 Å². The molecule has 35 heavy (non-hydrogen) atoms. The first-order valence-corrected chi connectivity index (χ1v) is 12.4. The van der Waals surface area contributed by atoms with Gasteiger partial charge in [-0.2, -0.15) is 4.37 Å². The molecule has 1 aliphatic rings. The Kier molecular flexibility index (Phi) is 7.37. The summed E-state index contributed by atoms with van der Waals surface area (Å²) in [4.78, 5) is 40.8. The fourth-order valence-corrected chi connectivity index (χ4v) is 5.11. The van der Waals surface area contributed by atoms with Crippen LogP contribution in [0.5, 0.6) is 0 Å². The lowest BCUT2D eigenvalue weighted by molar-refractivity contribution is -0.123. The number of nitrogen functional groups attached to an aromatic ring is 1. The third kappa shape index (κ3) is 5.31. The number of carbonyl (C=O) groups is 3. The van der Waals surface area contributed by atoms with Crippen molar-refractivity contribution in [2.45, 2.75) is 44.7 Å². The molecule has 1 aromatic heterocycles. The lowest BCUT2D eigenvalue weighted by atomic mass is 10.0. The van der Waals surface area contributed by atoms with Gasteiger partial charge in [-0.15, -0.1) is 0 Å². The van der Waals surface area contributed by atoms with Gasteiger partial charge < -0.3 is 16.8 Å². The highest BCUT2D eigenvalue weighted by atomic mass is 35.5. The van der Waals surface area contributed by atoms with E-state index in [0.29, 0.717) is 16.3 Å². The maximum Gasteiger partial charge on any atom is 0.273 e. The molecule has 1 saturated carbocycles. The highest BCUT2D eigenvalue weighted by Crippen LogP contribution is 2.34. The van der Waals surface area contributed by atoms with Crippen LogP contribution < -0.4 is 21.7 Å². The van der Waals surface area contributed by atoms with E-state index in [9.17, 15) is 14.4 Å². The Hall–Kier alpha value is -3.43. The van der Waals surface area contributed by atoms with Crippen LogP contribution >= 0.6 is 23.1 Å². The standard InChI is InChI=1S/C25H26ClN5O3S/c1-14-6-8-15(9-7-14)21(24(33)29-17-4-2-3-5-17)31(18-12-10-16(26)11-13-18)25(34)22-19(27)20(23(28)32)30-35-22/h6-13,17,21H,2-5,27H2,1H3,(H2,28,32)(H,29,33). The molecule has 8 nitrogen and oxygen atoms in total. The average Bonchev–Trinajstić information content (AvgIpc) is 3.48. The smallest absolute Gasteiger partial charge is 0.273 e. The summed E-state index contributed by atoms with van der Waals surface area (Å²) in [5, 5.41) is 3.60. The third-order valence-corrected chi connectivity index (χ3v) is 7.18. The second-order valence-electron chi connectivity index (χ2n) is 8.59. The van der Waals surface area contributed by atoms with Gasteiger partial charge in [-0.05, 0) is 61.1 Å². The largest absolute Gasteiger partial charge is 0.395 e. The van der Waals surface area contributed by atoms with Crippen LogP contribution in [0.25, 0.3) is 0 Å². The quantitative estimate of drug-likeness (QED) is 0.436. The highest BCUT2D eigenvalue weighted by molar-refractivity contribution is 7.09. The summed E-state index contributed by atoms with van der Waals surface area (Å²) in [5.41, 5.74) is 13.3. The monoisotopic (exact) mass is 511 g/mol. The average molecular weight is 512 g/mol. The molecule has 4 rings (SSSR count). The molecular weight excluding hydrogens is 486 g/mol. The van der Waals surface area contributed by atoms with Crippen molar-refractivity contribution in [1.29, 1.82) is 0 Å². The number of nitrogens with two attached hydrogens (primary N) is 2. The molecule has 0 spiro atoms. The van der Waals surface area contributed by atoms with Crippen molar-refractivity contribution in [2.75, 3.05) is 10.6 Å². The van der Waals surface area contributed by atoms with Gasteiger partial charge in [0, 0.05) is 16.8 Å². The fourth-order valence-electron chi connectivity index (χ4n) is 4.24. The zero-order chi connectivity index (χ0) is 25.1. The molecule has 1 unspecified atom stereocenters. The van der Waals surface area contributed by atoms with Crippen molar-refractivity contribution in [3.63, 3.8) is 0 Å². The summed E-state index contributed by atoms with van der Waals surface area (Å²) in [6.07, 6.45) is 3.89. The first-order chi connectivity index (χ1) is 16.8. The Balaban J connectivity index is 1.84. The summed E-state index contributed by atoms with van der Waals surface area (Å²) in [6.45, 7) is 1.95. The molecular formula is C25H26ClN5O3S. The number of aryl methyl sites for hydroxylation is 1. The molecule has 1 aliphatic carbocycles. The lowest BCUT2D eigenvalue weighted by Crippen LogP contribution is -2.46. The Bertz CT molecular complexity index is 1240. The summed E-state index contributed by atoms with van der Waals surface area (Å²) >= 11 is 6.88. The third-order valence-electron chi connectivity index (χ3n) is 6.08. The molecule has 0 radical (unpaired) electrons. The lowest BCUT2D eigenvalue weighted by Gasteiger charge is -2.32. The SMILES string of the molecule is Cc1ccc(C(C(=O)NC2CCCC2)N(C(=O)c2snc(C(N)=O)c2N)c2ccc(Cl)cc2)cc1. The molecule has 0 bridgehead atoms. The number of anilines is 2. The Morgan fingerprint density at radius 2 is 1.71 bits per heavy atom. The first kappa shape index (κ1) is 24.7. The number of rotatable bonds is 7. The molecule has 182 valence electrons. The topological polar surface area (TPSA) is 131 Å². The molecule has 1 fully saturated rings. The number of halogens is 1. The number of amides is 3. The van der Waals surface area contributed by atoms with Crippen molar-refractivity contribution >= 4 is 52.2 Å². The van der Waals surface area contributed by atoms with E-state index in [1.807, 2.05) is 31.2 Å². The van der Waals surface area contributed by atoms with Crippen molar-refractivity contribution in [3.8, 4) is 0 Å². The van der Waals surface area contributed by atoms with E-state index >= 15 is 0 Å². The van der Waals surface area contributed by atoms with Crippen LogP contribution in [-0.4, -0.2) is 28.1 Å². The van der Waals surface area contributed by atoms with Crippen LogP contribution in [-0.2, 0) is 4.79 Å². The van der Waals surface area contributed by atoms with Crippen LogP contribution in [0.2, 0.25) is 5.02 Å². The molecule has 0 aliphatic heterocycles. The number of carbonyl (C=O) groups excluding carboxylic acids is 3. The number of aromatic nitrogens is 1. The van der Waals surface area contributed by atoms with E-state index in [-0.39, 0.29) is 28.2 Å². The van der Waals surface area contributed by atoms with Crippen LogP contribution in [0.3, 0.4) is 0 Å². The van der Waals surface area contributed by atoms with Gasteiger partial charge >= 0.3 is 0 Å². The summed E-state index contributed by atoms with van der Waals surface area (Å²) < 4.78 is 3.97. The molecule has 1 heterocycles. The van der Waals surface area contributed by atoms with E-state index < -0.39 is 17.9 Å². The van der Waals surface area contributed by atoms with Gasteiger partial charge in [-0.25, -0.2) is 0 Å². The van der Waals surface area contributed by atoms with Gasteiger partial charge in [0.05, 0.1) is 5.69 Å². The second-order valence-corrected chi connectivity index (χ2v) is 9.80. The molecule has 1 atom stereocenters. The van der Waals surface area contributed by atoms with Gasteiger partial charge in [-0.3, -0.25) is 19.3 Å². The van der Waals surface area contributed by atoms with E-state index in [1.165, 1.54) is 4.90 Å². The van der Waals surface area contributed by atoms with Gasteiger partial charge in [0.1, 0.15) is 10.9 Å². The molecule has 0 saturated heterocycles. The van der Waals surface area contributed by atoms with Gasteiger partial charge in [0.25, 0.3) is 11.8 Å². The molecule has 10 heteroatoms. The summed E-state index contributed by atoms with van der Waals surface area (Å²) in [6, 6.07) is 13.1. The normalized spacial score (nSPS) is 14.5. The molecule has 3 aromatic rings. The highest BCUT2D eigenvalue weighted by Gasteiger charge is 2.37. The number of nitrogens with one attached hydrogen (secondary N) is 1. The number of hydrogen-bond acceptors (Lipinski definition) is 6. The van der Waals surface area contributed by atoms with Crippen LogP contribution in [0.15, 0.2) is 48.5 Å². The van der Waals surface area contributed by atoms with Crippen LogP contribution in [0.4, 0.5) is 11.4 Å². The van der Waals surface area contributed by atoms with Gasteiger partial charge in [0.15, 0.2) is 5.69 Å².